The summed E-state index contributed by atoms with van der Waals surface area (Å²) < 4.78 is 20.2. The SMILES string of the molecule is OC1CCC(c2ccc(F)cc2C2CCN(C3COC4(CNC4)C3)CC2)CC1. The first-order chi connectivity index (χ1) is 13.6. The van der Waals surface area contributed by atoms with Crippen LogP contribution in [-0.2, 0) is 4.74 Å². The van der Waals surface area contributed by atoms with E-state index < -0.39 is 0 Å². The Kier molecular flexibility index (Phi) is 5.20. The van der Waals surface area contributed by atoms with E-state index in [2.05, 4.69) is 10.2 Å². The van der Waals surface area contributed by atoms with Gasteiger partial charge in [-0.25, -0.2) is 4.39 Å². The van der Waals surface area contributed by atoms with Gasteiger partial charge in [-0.2, -0.15) is 0 Å². The number of hydrogen-bond donors (Lipinski definition) is 2. The molecule has 28 heavy (non-hydrogen) atoms. The van der Waals surface area contributed by atoms with E-state index in [1.165, 1.54) is 11.1 Å². The molecule has 4 aliphatic rings. The molecule has 1 saturated carbocycles. The lowest BCUT2D eigenvalue weighted by atomic mass is 9.76. The average Bonchev–Trinajstić information content (AvgIpc) is 3.15. The molecule has 0 aromatic heterocycles. The van der Waals surface area contributed by atoms with E-state index in [0.29, 0.717) is 17.9 Å². The summed E-state index contributed by atoms with van der Waals surface area (Å²) in [7, 11) is 0. The van der Waals surface area contributed by atoms with Gasteiger partial charge in [-0.15, -0.1) is 0 Å². The zero-order chi connectivity index (χ0) is 19.1. The normalized spacial score (nSPS) is 33.9. The summed E-state index contributed by atoms with van der Waals surface area (Å²) in [6, 6.07) is 6.00. The Hall–Kier alpha value is -1.01. The van der Waals surface area contributed by atoms with Crippen molar-refractivity contribution in [1.29, 1.82) is 0 Å². The number of aliphatic hydroxyl groups is 1. The number of piperidine rings is 1. The van der Waals surface area contributed by atoms with E-state index in [1.54, 1.807) is 12.1 Å². The monoisotopic (exact) mass is 388 g/mol. The zero-order valence-electron chi connectivity index (χ0n) is 16.7. The molecule has 1 aliphatic carbocycles. The van der Waals surface area contributed by atoms with Crippen molar-refractivity contribution in [2.75, 3.05) is 32.8 Å². The quantitative estimate of drug-likeness (QED) is 0.835. The van der Waals surface area contributed by atoms with Crippen LogP contribution in [0.3, 0.4) is 0 Å². The fourth-order valence-corrected chi connectivity index (χ4v) is 5.94. The first kappa shape index (κ1) is 19.0. The van der Waals surface area contributed by atoms with Crippen LogP contribution in [0.2, 0.25) is 0 Å². The summed E-state index contributed by atoms with van der Waals surface area (Å²) in [5.41, 5.74) is 2.70. The number of rotatable bonds is 3. The van der Waals surface area contributed by atoms with Crippen molar-refractivity contribution in [3.8, 4) is 0 Å². The van der Waals surface area contributed by atoms with Crippen LogP contribution in [0.4, 0.5) is 4.39 Å². The van der Waals surface area contributed by atoms with Crippen molar-refractivity contribution >= 4 is 0 Å². The second-order valence-corrected chi connectivity index (χ2v) is 9.54. The maximum absolute atomic E-state index is 14.1. The van der Waals surface area contributed by atoms with Crippen LogP contribution < -0.4 is 5.32 Å². The summed E-state index contributed by atoms with van der Waals surface area (Å²) in [4.78, 5) is 2.61. The predicted molar refractivity (Wildman–Crippen MR) is 107 cm³/mol. The van der Waals surface area contributed by atoms with Gasteiger partial charge in [-0.1, -0.05) is 6.07 Å². The van der Waals surface area contributed by atoms with Crippen LogP contribution in [0.5, 0.6) is 0 Å². The van der Waals surface area contributed by atoms with Crippen molar-refractivity contribution in [2.45, 2.75) is 74.5 Å². The molecule has 4 fully saturated rings. The Morgan fingerprint density at radius 2 is 1.71 bits per heavy atom. The third-order valence-corrected chi connectivity index (χ3v) is 7.76. The molecule has 0 amide bonds. The van der Waals surface area contributed by atoms with Gasteiger partial charge in [0, 0.05) is 19.1 Å². The number of nitrogens with one attached hydrogen (secondary N) is 1. The number of benzene rings is 1. The molecule has 1 unspecified atom stereocenters. The fraction of sp³-hybridized carbons (Fsp3) is 0.739. The summed E-state index contributed by atoms with van der Waals surface area (Å²) in [6.07, 6.45) is 7.01. The predicted octanol–water partition coefficient (Wildman–Crippen LogP) is 3.15. The molecule has 1 aromatic carbocycles. The van der Waals surface area contributed by atoms with Gasteiger partial charge < -0.3 is 15.2 Å². The summed E-state index contributed by atoms with van der Waals surface area (Å²) >= 11 is 0. The van der Waals surface area contributed by atoms with Gasteiger partial charge in [-0.3, -0.25) is 4.90 Å². The Bertz CT molecular complexity index is 692. The first-order valence-electron chi connectivity index (χ1n) is 11.2. The van der Waals surface area contributed by atoms with Crippen LogP contribution in [0.25, 0.3) is 0 Å². The minimum absolute atomic E-state index is 0.111. The Labute approximate surface area is 167 Å². The molecule has 3 saturated heterocycles. The average molecular weight is 389 g/mol. The van der Waals surface area contributed by atoms with E-state index in [-0.39, 0.29) is 17.5 Å². The second kappa shape index (κ2) is 7.67. The Balaban J connectivity index is 1.25. The topological polar surface area (TPSA) is 44.7 Å². The maximum Gasteiger partial charge on any atom is 0.123 e. The number of likely N-dealkylation sites (tertiary alicyclic amines) is 1. The van der Waals surface area contributed by atoms with Crippen molar-refractivity contribution in [3.63, 3.8) is 0 Å². The van der Waals surface area contributed by atoms with Crippen LogP contribution >= 0.6 is 0 Å². The number of hydrogen-bond acceptors (Lipinski definition) is 4. The van der Waals surface area contributed by atoms with Crippen molar-refractivity contribution < 1.29 is 14.2 Å². The molecule has 3 heterocycles. The molecule has 1 spiro atoms. The highest BCUT2D eigenvalue weighted by molar-refractivity contribution is 5.35. The largest absolute Gasteiger partial charge is 0.393 e. The smallest absolute Gasteiger partial charge is 0.123 e. The number of halogens is 1. The highest BCUT2D eigenvalue weighted by Gasteiger charge is 2.47. The molecule has 0 radical (unpaired) electrons. The van der Waals surface area contributed by atoms with Gasteiger partial charge in [0.2, 0.25) is 0 Å². The van der Waals surface area contributed by atoms with Crippen molar-refractivity contribution in [1.82, 2.24) is 10.2 Å². The summed E-state index contributed by atoms with van der Waals surface area (Å²) in [5.74, 6) is 0.822. The lowest BCUT2D eigenvalue weighted by Crippen LogP contribution is -2.59. The first-order valence-corrected chi connectivity index (χ1v) is 11.2. The van der Waals surface area contributed by atoms with Gasteiger partial charge in [0.1, 0.15) is 5.82 Å². The van der Waals surface area contributed by atoms with Gasteiger partial charge in [0.15, 0.2) is 0 Å². The molecule has 4 nitrogen and oxygen atoms in total. The Morgan fingerprint density at radius 3 is 2.36 bits per heavy atom. The molecule has 5 rings (SSSR count). The van der Waals surface area contributed by atoms with Crippen LogP contribution in [0.1, 0.15) is 67.9 Å². The third-order valence-electron chi connectivity index (χ3n) is 7.76. The van der Waals surface area contributed by atoms with Gasteiger partial charge in [0.05, 0.1) is 18.3 Å². The molecule has 3 aliphatic heterocycles. The minimum atomic E-state index is -0.147. The second-order valence-electron chi connectivity index (χ2n) is 9.54. The minimum Gasteiger partial charge on any atom is -0.393 e. The van der Waals surface area contributed by atoms with Crippen molar-refractivity contribution in [3.05, 3.63) is 35.1 Å². The van der Waals surface area contributed by atoms with E-state index in [0.717, 1.165) is 77.7 Å². The zero-order valence-corrected chi connectivity index (χ0v) is 16.7. The van der Waals surface area contributed by atoms with Crippen LogP contribution in [-0.4, -0.2) is 60.5 Å². The molecule has 2 N–H and O–H groups in total. The van der Waals surface area contributed by atoms with Gasteiger partial charge >= 0.3 is 0 Å². The number of ether oxygens (including phenoxy) is 1. The molecule has 1 atom stereocenters. The highest BCUT2D eigenvalue weighted by Crippen LogP contribution is 2.41. The lowest BCUT2D eigenvalue weighted by Gasteiger charge is -2.40. The fourth-order valence-electron chi connectivity index (χ4n) is 5.94. The Morgan fingerprint density at radius 1 is 1.00 bits per heavy atom. The van der Waals surface area contributed by atoms with Gasteiger partial charge in [-0.05, 0) is 93.1 Å². The van der Waals surface area contributed by atoms with Crippen LogP contribution in [0.15, 0.2) is 18.2 Å². The molecular weight excluding hydrogens is 355 g/mol. The third kappa shape index (κ3) is 3.62. The summed E-state index contributed by atoms with van der Waals surface area (Å²) in [6.45, 7) is 5.04. The van der Waals surface area contributed by atoms with E-state index in [4.69, 9.17) is 4.74 Å². The number of nitrogens with zero attached hydrogens (tertiary/aromatic N) is 1. The van der Waals surface area contributed by atoms with E-state index in [9.17, 15) is 9.50 Å². The van der Waals surface area contributed by atoms with Crippen LogP contribution in [0, 0.1) is 5.82 Å². The molecule has 154 valence electrons. The maximum atomic E-state index is 14.1. The standard InChI is InChI=1S/C23H33FN2O2/c24-18-3-6-21(16-1-4-20(27)5-2-16)22(11-18)17-7-9-26(10-8-17)19-12-23(28-13-19)14-25-15-23/h3,6,11,16-17,19-20,25,27H,1-2,4-5,7-10,12-15H2. The molecule has 5 heteroatoms. The highest BCUT2D eigenvalue weighted by atomic mass is 19.1. The summed E-state index contributed by atoms with van der Waals surface area (Å²) in [5, 5.41) is 13.2. The van der Waals surface area contributed by atoms with Crippen molar-refractivity contribution in [2.24, 2.45) is 0 Å². The van der Waals surface area contributed by atoms with E-state index in [1.807, 2.05) is 6.07 Å². The molecule has 0 bridgehead atoms. The number of aliphatic hydroxyl groups excluding tert-OH is 1. The van der Waals surface area contributed by atoms with Gasteiger partial charge in [0.25, 0.3) is 0 Å². The van der Waals surface area contributed by atoms with E-state index >= 15 is 0 Å². The lowest BCUT2D eigenvalue weighted by molar-refractivity contribution is -0.0367. The molecular formula is C23H33FN2O2. The molecule has 1 aromatic rings.